The van der Waals surface area contributed by atoms with Gasteiger partial charge in [0.2, 0.25) is 10.0 Å². The molecular formula is C26H32N2O2S. The molecule has 2 aromatic carbocycles. The third-order valence-corrected chi connectivity index (χ3v) is 8.61. The Kier molecular flexibility index (Phi) is 5.69. The van der Waals surface area contributed by atoms with Crippen LogP contribution in [0.1, 0.15) is 51.2 Å². The van der Waals surface area contributed by atoms with Crippen LogP contribution < -0.4 is 0 Å². The van der Waals surface area contributed by atoms with Crippen molar-refractivity contribution in [3.05, 3.63) is 77.4 Å². The molecule has 0 radical (unpaired) electrons. The maximum absolute atomic E-state index is 13.5. The van der Waals surface area contributed by atoms with E-state index in [9.17, 15) is 8.42 Å². The number of allylic oxidation sites excluding steroid dienone is 1. The van der Waals surface area contributed by atoms with Crippen molar-refractivity contribution in [3.63, 3.8) is 0 Å². The molecule has 4 nitrogen and oxygen atoms in total. The molecule has 0 aromatic heterocycles. The topological polar surface area (TPSA) is 61.2 Å². The Balaban J connectivity index is 1.66. The van der Waals surface area contributed by atoms with Crippen LogP contribution in [0.5, 0.6) is 0 Å². The third-order valence-electron chi connectivity index (χ3n) is 6.76. The molecule has 1 fully saturated rings. The zero-order valence-corrected chi connectivity index (χ0v) is 19.5. The summed E-state index contributed by atoms with van der Waals surface area (Å²) < 4.78 is 28.8. The summed E-state index contributed by atoms with van der Waals surface area (Å²) in [6.07, 6.45) is 5.02. The minimum atomic E-state index is -3.57. The predicted molar refractivity (Wildman–Crippen MR) is 126 cm³/mol. The zero-order valence-electron chi connectivity index (χ0n) is 18.7. The SMILES string of the molecule is CC(C)(C)c1ccc(S(=O)(=O)N2CCC3=CC(=N)CCC3(Cc3ccccc3)C2)cc1. The lowest BCUT2D eigenvalue weighted by atomic mass is 9.66. The van der Waals surface area contributed by atoms with Gasteiger partial charge in [-0.1, -0.05) is 68.8 Å². The normalized spacial score (nSPS) is 22.7. The van der Waals surface area contributed by atoms with Crippen LogP contribution >= 0.6 is 0 Å². The number of nitrogens with zero attached hydrogens (tertiary/aromatic N) is 1. The number of hydrogen-bond acceptors (Lipinski definition) is 3. The lowest BCUT2D eigenvalue weighted by molar-refractivity contribution is 0.197. The van der Waals surface area contributed by atoms with E-state index in [0.29, 0.717) is 36.5 Å². The van der Waals surface area contributed by atoms with Gasteiger partial charge in [-0.05, 0) is 60.4 Å². The molecule has 1 saturated heterocycles. The van der Waals surface area contributed by atoms with E-state index in [-0.39, 0.29) is 10.8 Å². The summed E-state index contributed by atoms with van der Waals surface area (Å²) in [7, 11) is -3.57. The van der Waals surface area contributed by atoms with Crippen molar-refractivity contribution >= 4 is 15.7 Å². The third kappa shape index (κ3) is 4.39. The number of fused-ring (bicyclic) bond motifs is 1. The molecule has 5 heteroatoms. The molecule has 1 atom stereocenters. The van der Waals surface area contributed by atoms with Crippen LogP contribution in [-0.2, 0) is 21.9 Å². The number of hydrogen-bond donors (Lipinski definition) is 1. The molecule has 1 aliphatic heterocycles. The Labute approximate surface area is 186 Å². The van der Waals surface area contributed by atoms with E-state index < -0.39 is 10.0 Å². The van der Waals surface area contributed by atoms with Crippen LogP contribution in [0, 0.1) is 10.8 Å². The second-order valence-electron chi connectivity index (χ2n) is 10.0. The highest BCUT2D eigenvalue weighted by Crippen LogP contribution is 2.46. The Morgan fingerprint density at radius 1 is 1.00 bits per heavy atom. The van der Waals surface area contributed by atoms with E-state index in [1.807, 2.05) is 36.4 Å². The van der Waals surface area contributed by atoms with Crippen molar-refractivity contribution in [2.75, 3.05) is 13.1 Å². The Morgan fingerprint density at radius 2 is 1.68 bits per heavy atom. The highest BCUT2D eigenvalue weighted by atomic mass is 32.2. The first-order valence-electron chi connectivity index (χ1n) is 11.0. The van der Waals surface area contributed by atoms with Gasteiger partial charge in [0.15, 0.2) is 0 Å². The average Bonchev–Trinajstić information content (AvgIpc) is 2.74. The molecule has 0 spiro atoms. The average molecular weight is 437 g/mol. The second kappa shape index (κ2) is 8.03. The lowest BCUT2D eigenvalue weighted by Gasteiger charge is -2.46. The molecule has 2 aromatic rings. The van der Waals surface area contributed by atoms with Crippen molar-refractivity contribution in [1.29, 1.82) is 5.41 Å². The molecule has 31 heavy (non-hydrogen) atoms. The Morgan fingerprint density at radius 3 is 2.32 bits per heavy atom. The van der Waals surface area contributed by atoms with Gasteiger partial charge in [-0.25, -0.2) is 8.42 Å². The first-order valence-corrected chi connectivity index (χ1v) is 12.5. The van der Waals surface area contributed by atoms with E-state index >= 15 is 0 Å². The molecule has 164 valence electrons. The van der Waals surface area contributed by atoms with E-state index in [0.717, 1.165) is 18.4 Å². The van der Waals surface area contributed by atoms with Crippen LogP contribution in [0.2, 0.25) is 0 Å². The molecule has 2 aliphatic rings. The summed E-state index contributed by atoms with van der Waals surface area (Å²) in [5.41, 5.74) is 3.99. The number of nitrogens with one attached hydrogen (secondary N) is 1. The summed E-state index contributed by atoms with van der Waals surface area (Å²) in [5.74, 6) is 0. The van der Waals surface area contributed by atoms with Crippen LogP contribution in [0.4, 0.5) is 0 Å². The van der Waals surface area contributed by atoms with Crippen molar-refractivity contribution in [3.8, 4) is 0 Å². The smallest absolute Gasteiger partial charge is 0.243 e. The highest BCUT2D eigenvalue weighted by Gasteiger charge is 2.44. The van der Waals surface area contributed by atoms with E-state index in [1.165, 1.54) is 11.1 Å². The van der Waals surface area contributed by atoms with Gasteiger partial charge in [0.25, 0.3) is 0 Å². The lowest BCUT2D eigenvalue weighted by Crippen LogP contribution is -2.49. The first kappa shape index (κ1) is 22.0. The van der Waals surface area contributed by atoms with E-state index in [4.69, 9.17) is 5.41 Å². The Hall–Kier alpha value is -2.24. The van der Waals surface area contributed by atoms with E-state index in [2.05, 4.69) is 32.9 Å². The summed E-state index contributed by atoms with van der Waals surface area (Å²) in [6, 6.07) is 17.7. The quantitative estimate of drug-likeness (QED) is 0.702. The van der Waals surface area contributed by atoms with Crippen molar-refractivity contribution < 1.29 is 8.42 Å². The van der Waals surface area contributed by atoms with Crippen LogP contribution in [0.3, 0.4) is 0 Å². The summed E-state index contributed by atoms with van der Waals surface area (Å²) in [6.45, 7) is 7.33. The molecular weight excluding hydrogens is 404 g/mol. The second-order valence-corrected chi connectivity index (χ2v) is 11.9. The monoisotopic (exact) mass is 436 g/mol. The van der Waals surface area contributed by atoms with Gasteiger partial charge in [-0.3, -0.25) is 0 Å². The van der Waals surface area contributed by atoms with Crippen molar-refractivity contribution in [2.45, 2.75) is 56.8 Å². The van der Waals surface area contributed by atoms with Gasteiger partial charge in [0.1, 0.15) is 0 Å². The standard InChI is InChI=1S/C26H32N2O2S/c1-25(2,3)21-9-11-24(12-10-21)31(29,30)28-16-14-22-17-23(27)13-15-26(22,19-28)18-20-7-5-4-6-8-20/h4-12,17,27H,13-16,18-19H2,1-3H3. The molecule has 1 unspecified atom stereocenters. The fraction of sp³-hybridized carbons (Fsp3) is 0.423. The minimum absolute atomic E-state index is 0.0145. The maximum Gasteiger partial charge on any atom is 0.243 e. The zero-order chi connectivity index (χ0) is 22.3. The van der Waals surface area contributed by atoms with Gasteiger partial charge in [0.05, 0.1) is 4.90 Å². The molecule has 0 bridgehead atoms. The van der Waals surface area contributed by atoms with Crippen LogP contribution in [0.15, 0.2) is 71.1 Å². The highest BCUT2D eigenvalue weighted by molar-refractivity contribution is 7.89. The number of rotatable bonds is 4. The molecule has 0 amide bonds. The van der Waals surface area contributed by atoms with Crippen LogP contribution in [-0.4, -0.2) is 31.5 Å². The van der Waals surface area contributed by atoms with Gasteiger partial charge >= 0.3 is 0 Å². The number of piperidine rings is 1. The fourth-order valence-corrected chi connectivity index (χ4v) is 6.40. The minimum Gasteiger partial charge on any atom is -0.305 e. The van der Waals surface area contributed by atoms with Crippen LogP contribution in [0.25, 0.3) is 0 Å². The van der Waals surface area contributed by atoms with E-state index in [1.54, 1.807) is 16.4 Å². The Bertz CT molecular complexity index is 1100. The number of benzene rings is 2. The van der Waals surface area contributed by atoms with Gasteiger partial charge in [-0.2, -0.15) is 4.31 Å². The van der Waals surface area contributed by atoms with Gasteiger partial charge < -0.3 is 5.41 Å². The molecule has 1 heterocycles. The maximum atomic E-state index is 13.5. The predicted octanol–water partition coefficient (Wildman–Crippen LogP) is 5.35. The molecule has 1 aliphatic carbocycles. The summed E-state index contributed by atoms with van der Waals surface area (Å²) in [5, 5.41) is 8.15. The van der Waals surface area contributed by atoms with Crippen molar-refractivity contribution in [1.82, 2.24) is 4.31 Å². The van der Waals surface area contributed by atoms with Crippen molar-refractivity contribution in [2.24, 2.45) is 5.41 Å². The molecule has 1 N–H and O–H groups in total. The molecule has 4 rings (SSSR count). The number of sulfonamides is 1. The van der Waals surface area contributed by atoms with Gasteiger partial charge in [-0.15, -0.1) is 0 Å². The first-order chi connectivity index (χ1) is 14.6. The molecule has 0 saturated carbocycles. The summed E-state index contributed by atoms with van der Waals surface area (Å²) in [4.78, 5) is 0.367. The fourth-order valence-electron chi connectivity index (χ4n) is 4.88. The van der Waals surface area contributed by atoms with Gasteiger partial charge in [0, 0.05) is 24.2 Å². The largest absolute Gasteiger partial charge is 0.305 e. The summed E-state index contributed by atoms with van der Waals surface area (Å²) >= 11 is 0.